The average molecular weight is 196 g/mol. The van der Waals surface area contributed by atoms with Gasteiger partial charge < -0.3 is 15.5 Å². The van der Waals surface area contributed by atoms with E-state index in [4.69, 9.17) is 0 Å². The minimum Gasteiger partial charge on any atom is -0.394 e. The number of nitrogens with one attached hydrogen (secondary N) is 1. The maximum atomic E-state index is 9.20. The molecule has 0 aliphatic carbocycles. The summed E-state index contributed by atoms with van der Waals surface area (Å²) in [6.07, 6.45) is 3.98. The normalized spacial score (nSPS) is 11.4. The largest absolute Gasteiger partial charge is 0.394 e. The van der Waals surface area contributed by atoms with Crippen molar-refractivity contribution in [2.24, 2.45) is 0 Å². The van der Waals surface area contributed by atoms with Gasteiger partial charge in [-0.1, -0.05) is 6.92 Å². The molecule has 0 atom stereocenters. The molecule has 1 aromatic rings. The first kappa shape index (κ1) is 10.9. The summed E-state index contributed by atoms with van der Waals surface area (Å²) in [4.78, 5) is 3.89. The van der Waals surface area contributed by atoms with Crippen LogP contribution in [0.15, 0.2) is 24.5 Å². The molecule has 1 aromatic heterocycles. The van der Waals surface area contributed by atoms with E-state index in [1.54, 1.807) is 24.5 Å². The van der Waals surface area contributed by atoms with Gasteiger partial charge in [0.2, 0.25) is 0 Å². The lowest BCUT2D eigenvalue weighted by atomic mass is 9.98. The molecule has 0 aliphatic rings. The highest BCUT2D eigenvalue weighted by Crippen LogP contribution is 2.17. The molecule has 1 rings (SSSR count). The SMILES string of the molecule is CCC(CO)(CO)Nc1ccncc1. The van der Waals surface area contributed by atoms with E-state index in [-0.39, 0.29) is 13.2 Å². The summed E-state index contributed by atoms with van der Waals surface area (Å²) in [5, 5.41) is 21.5. The van der Waals surface area contributed by atoms with Crippen molar-refractivity contribution in [3.63, 3.8) is 0 Å². The average Bonchev–Trinajstić information content (AvgIpc) is 2.28. The zero-order valence-corrected chi connectivity index (χ0v) is 8.27. The van der Waals surface area contributed by atoms with Crippen LogP contribution in [0.5, 0.6) is 0 Å². The molecule has 4 heteroatoms. The van der Waals surface area contributed by atoms with Crippen molar-refractivity contribution in [3.05, 3.63) is 24.5 Å². The number of nitrogens with zero attached hydrogens (tertiary/aromatic N) is 1. The molecule has 0 saturated heterocycles. The van der Waals surface area contributed by atoms with Crippen molar-refractivity contribution in [1.82, 2.24) is 4.98 Å². The Balaban J connectivity index is 2.74. The van der Waals surface area contributed by atoms with Gasteiger partial charge in [0.15, 0.2) is 0 Å². The minimum absolute atomic E-state index is 0.0949. The van der Waals surface area contributed by atoms with Gasteiger partial charge in [-0.3, -0.25) is 4.98 Å². The molecule has 0 saturated carbocycles. The van der Waals surface area contributed by atoms with Crippen molar-refractivity contribution in [2.45, 2.75) is 18.9 Å². The van der Waals surface area contributed by atoms with Crippen LogP contribution in [-0.4, -0.2) is 33.9 Å². The van der Waals surface area contributed by atoms with Gasteiger partial charge in [-0.05, 0) is 18.6 Å². The van der Waals surface area contributed by atoms with Gasteiger partial charge in [-0.15, -0.1) is 0 Å². The summed E-state index contributed by atoms with van der Waals surface area (Å²) >= 11 is 0. The smallest absolute Gasteiger partial charge is 0.0832 e. The second kappa shape index (κ2) is 4.93. The summed E-state index contributed by atoms with van der Waals surface area (Å²) in [6.45, 7) is 1.73. The van der Waals surface area contributed by atoms with E-state index >= 15 is 0 Å². The Morgan fingerprint density at radius 1 is 1.29 bits per heavy atom. The van der Waals surface area contributed by atoms with Crippen LogP contribution in [0.2, 0.25) is 0 Å². The standard InChI is InChI=1S/C10H16N2O2/c1-2-10(7-13,8-14)12-9-3-5-11-6-4-9/h3-6,13-14H,2,7-8H2,1H3,(H,11,12). The summed E-state index contributed by atoms with van der Waals surface area (Å²) in [5.41, 5.74) is 0.214. The van der Waals surface area contributed by atoms with E-state index in [0.29, 0.717) is 6.42 Å². The van der Waals surface area contributed by atoms with Crippen LogP contribution in [0.4, 0.5) is 5.69 Å². The quantitative estimate of drug-likeness (QED) is 0.646. The Kier molecular flexibility index (Phi) is 3.85. The predicted molar refractivity (Wildman–Crippen MR) is 55.1 cm³/mol. The molecule has 3 N–H and O–H groups in total. The van der Waals surface area contributed by atoms with E-state index in [2.05, 4.69) is 10.3 Å². The van der Waals surface area contributed by atoms with Crippen molar-refractivity contribution < 1.29 is 10.2 Å². The lowest BCUT2D eigenvalue weighted by molar-refractivity contribution is 0.132. The van der Waals surface area contributed by atoms with Gasteiger partial charge in [0.25, 0.3) is 0 Å². The molecule has 4 nitrogen and oxygen atoms in total. The molecule has 0 bridgehead atoms. The molecule has 0 unspecified atom stereocenters. The van der Waals surface area contributed by atoms with Crippen molar-refractivity contribution in [1.29, 1.82) is 0 Å². The predicted octanol–water partition coefficient (Wildman–Crippen LogP) is 0.627. The molecule has 0 amide bonds. The topological polar surface area (TPSA) is 65.4 Å². The Morgan fingerprint density at radius 3 is 2.29 bits per heavy atom. The number of hydrogen-bond acceptors (Lipinski definition) is 4. The Labute approximate surface area is 83.6 Å². The van der Waals surface area contributed by atoms with Gasteiger partial charge in [-0.2, -0.15) is 0 Å². The molecular weight excluding hydrogens is 180 g/mol. The lowest BCUT2D eigenvalue weighted by Gasteiger charge is -2.30. The van der Waals surface area contributed by atoms with E-state index in [0.717, 1.165) is 5.69 Å². The first-order valence-electron chi connectivity index (χ1n) is 4.66. The first-order valence-corrected chi connectivity index (χ1v) is 4.66. The van der Waals surface area contributed by atoms with Crippen LogP contribution in [0.25, 0.3) is 0 Å². The fraction of sp³-hybridized carbons (Fsp3) is 0.500. The third-order valence-corrected chi connectivity index (χ3v) is 2.37. The number of hydrogen-bond donors (Lipinski definition) is 3. The van der Waals surface area contributed by atoms with E-state index < -0.39 is 5.54 Å². The second-order valence-corrected chi connectivity index (χ2v) is 3.31. The second-order valence-electron chi connectivity index (χ2n) is 3.31. The molecule has 14 heavy (non-hydrogen) atoms. The summed E-state index contributed by atoms with van der Waals surface area (Å²) in [7, 11) is 0. The highest BCUT2D eigenvalue weighted by molar-refractivity contribution is 5.43. The number of aliphatic hydroxyl groups is 2. The zero-order valence-electron chi connectivity index (χ0n) is 8.27. The number of pyridine rings is 1. The summed E-state index contributed by atoms with van der Waals surface area (Å²) in [5.74, 6) is 0. The maximum absolute atomic E-state index is 9.20. The van der Waals surface area contributed by atoms with Crippen LogP contribution in [-0.2, 0) is 0 Å². The van der Waals surface area contributed by atoms with Gasteiger partial charge in [0.1, 0.15) is 0 Å². The van der Waals surface area contributed by atoms with Crippen molar-refractivity contribution in [2.75, 3.05) is 18.5 Å². The maximum Gasteiger partial charge on any atom is 0.0832 e. The molecule has 0 aromatic carbocycles. The Morgan fingerprint density at radius 2 is 1.86 bits per heavy atom. The van der Waals surface area contributed by atoms with Crippen LogP contribution in [0, 0.1) is 0 Å². The molecule has 0 fully saturated rings. The van der Waals surface area contributed by atoms with Crippen molar-refractivity contribution >= 4 is 5.69 Å². The number of rotatable bonds is 5. The molecule has 0 radical (unpaired) electrons. The summed E-state index contributed by atoms with van der Waals surface area (Å²) < 4.78 is 0. The van der Waals surface area contributed by atoms with Gasteiger partial charge in [0, 0.05) is 18.1 Å². The third kappa shape index (κ3) is 2.43. The highest BCUT2D eigenvalue weighted by Gasteiger charge is 2.25. The van der Waals surface area contributed by atoms with Crippen LogP contribution in [0.1, 0.15) is 13.3 Å². The molecule has 0 spiro atoms. The number of aliphatic hydroxyl groups excluding tert-OH is 2. The van der Waals surface area contributed by atoms with E-state index in [1.807, 2.05) is 6.92 Å². The Bertz CT molecular complexity index is 252. The van der Waals surface area contributed by atoms with E-state index in [1.165, 1.54) is 0 Å². The van der Waals surface area contributed by atoms with Gasteiger partial charge >= 0.3 is 0 Å². The lowest BCUT2D eigenvalue weighted by Crippen LogP contribution is -2.45. The fourth-order valence-electron chi connectivity index (χ4n) is 1.18. The Hall–Kier alpha value is -1.13. The minimum atomic E-state index is -0.638. The van der Waals surface area contributed by atoms with E-state index in [9.17, 15) is 10.2 Å². The van der Waals surface area contributed by atoms with Crippen LogP contribution >= 0.6 is 0 Å². The van der Waals surface area contributed by atoms with Crippen molar-refractivity contribution in [3.8, 4) is 0 Å². The summed E-state index contributed by atoms with van der Waals surface area (Å²) in [6, 6.07) is 3.60. The number of anilines is 1. The molecule has 1 heterocycles. The first-order chi connectivity index (χ1) is 6.76. The van der Waals surface area contributed by atoms with Gasteiger partial charge in [0.05, 0.1) is 18.8 Å². The zero-order chi connectivity index (χ0) is 10.4. The van der Waals surface area contributed by atoms with Crippen LogP contribution in [0.3, 0.4) is 0 Å². The molecule has 78 valence electrons. The number of aromatic nitrogens is 1. The monoisotopic (exact) mass is 196 g/mol. The van der Waals surface area contributed by atoms with Gasteiger partial charge in [-0.25, -0.2) is 0 Å². The third-order valence-electron chi connectivity index (χ3n) is 2.37. The molecule has 0 aliphatic heterocycles. The molecular formula is C10H16N2O2. The van der Waals surface area contributed by atoms with Crippen LogP contribution < -0.4 is 5.32 Å². The highest BCUT2D eigenvalue weighted by atomic mass is 16.3. The fourth-order valence-corrected chi connectivity index (χ4v) is 1.18.